The van der Waals surface area contributed by atoms with Crippen LogP contribution >= 0.6 is 0 Å². The summed E-state index contributed by atoms with van der Waals surface area (Å²) in [6, 6.07) is 8.26. The maximum absolute atomic E-state index is 12.6. The van der Waals surface area contributed by atoms with Crippen LogP contribution in [0.25, 0.3) is 0 Å². The largest absolute Gasteiger partial charge is 0.316 e. The molecular formula is C22H35N3O2. The topological polar surface area (TPSA) is 84.2 Å². The zero-order chi connectivity index (χ0) is 20.1. The number of carbonyl (C=O) groups excluding carboxylic acids is 2. The number of amides is 2. The Labute approximate surface area is 163 Å². The van der Waals surface area contributed by atoms with Crippen LogP contribution in [0.4, 0.5) is 0 Å². The van der Waals surface area contributed by atoms with Crippen LogP contribution < -0.4 is 16.6 Å². The van der Waals surface area contributed by atoms with Gasteiger partial charge in [-0.3, -0.25) is 20.4 Å². The highest BCUT2D eigenvalue weighted by Crippen LogP contribution is 2.22. The minimum atomic E-state index is -0.821. The van der Waals surface area contributed by atoms with Crippen molar-refractivity contribution in [3.8, 4) is 0 Å². The minimum absolute atomic E-state index is 0.207. The second kappa shape index (κ2) is 13.1. The molecule has 1 aromatic carbocycles. The van der Waals surface area contributed by atoms with Gasteiger partial charge in [0.2, 0.25) is 5.91 Å². The van der Waals surface area contributed by atoms with Crippen molar-refractivity contribution < 1.29 is 9.59 Å². The Morgan fingerprint density at radius 3 is 2.19 bits per heavy atom. The van der Waals surface area contributed by atoms with Gasteiger partial charge in [-0.1, -0.05) is 88.4 Å². The van der Waals surface area contributed by atoms with Gasteiger partial charge in [0.15, 0.2) is 0 Å². The highest BCUT2D eigenvalue weighted by Gasteiger charge is 2.23. The van der Waals surface area contributed by atoms with Crippen molar-refractivity contribution >= 4 is 11.8 Å². The normalized spacial score (nSPS) is 12.9. The van der Waals surface area contributed by atoms with Crippen molar-refractivity contribution in [2.24, 2.45) is 11.7 Å². The van der Waals surface area contributed by atoms with E-state index in [0.717, 1.165) is 56.9 Å². The van der Waals surface area contributed by atoms with Gasteiger partial charge in [0.25, 0.3) is 5.91 Å². The Balaban J connectivity index is 2.60. The molecule has 150 valence electrons. The van der Waals surface area contributed by atoms with Crippen LogP contribution in [0.3, 0.4) is 0 Å². The van der Waals surface area contributed by atoms with Crippen molar-refractivity contribution in [1.29, 1.82) is 0 Å². The molecule has 0 aromatic heterocycles. The molecule has 0 saturated carbocycles. The lowest BCUT2D eigenvalue weighted by molar-refractivity contribution is -0.131. The molecule has 0 saturated heterocycles. The van der Waals surface area contributed by atoms with E-state index in [1.165, 1.54) is 0 Å². The fraction of sp³-hybridized carbons (Fsp3) is 0.545. The predicted molar refractivity (Wildman–Crippen MR) is 111 cm³/mol. The third-order valence-corrected chi connectivity index (χ3v) is 4.76. The molecule has 27 heavy (non-hydrogen) atoms. The summed E-state index contributed by atoms with van der Waals surface area (Å²) < 4.78 is 0. The first-order valence-corrected chi connectivity index (χ1v) is 10.1. The Hall–Kier alpha value is -2.14. The summed E-state index contributed by atoms with van der Waals surface area (Å²) >= 11 is 0. The number of hydrogen-bond acceptors (Lipinski definition) is 3. The van der Waals surface area contributed by atoms with E-state index in [1.807, 2.05) is 18.2 Å². The van der Waals surface area contributed by atoms with Crippen LogP contribution in [0.5, 0.6) is 0 Å². The molecule has 4 N–H and O–H groups in total. The molecule has 2 amide bonds. The average molecular weight is 374 g/mol. The third-order valence-electron chi connectivity index (χ3n) is 4.76. The summed E-state index contributed by atoms with van der Waals surface area (Å²) in [7, 11) is 0. The Morgan fingerprint density at radius 1 is 0.963 bits per heavy atom. The van der Waals surface area contributed by atoms with Crippen LogP contribution in [0.2, 0.25) is 0 Å². The zero-order valence-electron chi connectivity index (χ0n) is 16.8. The summed E-state index contributed by atoms with van der Waals surface area (Å²) in [6.07, 6.45) is 8.05. The quantitative estimate of drug-likeness (QED) is 0.292. The van der Waals surface area contributed by atoms with Gasteiger partial charge >= 0.3 is 0 Å². The smallest absolute Gasteiger partial charge is 0.259 e. The molecule has 2 atom stereocenters. The van der Waals surface area contributed by atoms with Gasteiger partial charge in [-0.15, -0.1) is 0 Å². The maximum atomic E-state index is 12.6. The Morgan fingerprint density at radius 2 is 1.56 bits per heavy atom. The summed E-state index contributed by atoms with van der Waals surface area (Å²) in [5.41, 5.74) is 12.6. The van der Waals surface area contributed by atoms with Gasteiger partial charge in [-0.2, -0.15) is 0 Å². The van der Waals surface area contributed by atoms with E-state index >= 15 is 0 Å². The van der Waals surface area contributed by atoms with Gasteiger partial charge in [-0.05, 0) is 24.8 Å². The summed E-state index contributed by atoms with van der Waals surface area (Å²) in [4.78, 5) is 24.9. The van der Waals surface area contributed by atoms with Gasteiger partial charge in [0, 0.05) is 0 Å². The molecular weight excluding hydrogens is 338 g/mol. The number of nitrogens with one attached hydrogen (secondary N) is 2. The molecule has 1 unspecified atom stereocenters. The lowest BCUT2D eigenvalue weighted by atomic mass is 9.90. The van der Waals surface area contributed by atoms with E-state index < -0.39 is 11.9 Å². The molecule has 0 aliphatic heterocycles. The lowest BCUT2D eigenvalue weighted by Gasteiger charge is -2.20. The molecule has 0 fully saturated rings. The third kappa shape index (κ3) is 8.39. The first-order chi connectivity index (χ1) is 13.0. The SMILES string of the molecule is C=C(CCCCC)C(CCCCC)C(=O)NNC(=O)[C@@H](N)c1ccccc1. The standard InChI is InChI=1S/C22H35N3O2/c1-4-6-9-13-17(3)19(16-10-7-5-2)21(26)24-25-22(27)20(23)18-14-11-8-12-15-18/h8,11-12,14-15,19-20H,3-7,9-10,13,16,23H2,1-2H3,(H,24,26)(H,25,27)/t19?,20-/m0/s1. The molecule has 1 rings (SSSR count). The first kappa shape index (κ1) is 22.9. The van der Waals surface area contributed by atoms with Crippen molar-refractivity contribution in [2.45, 2.75) is 71.3 Å². The van der Waals surface area contributed by atoms with Crippen LogP contribution in [0.1, 0.15) is 76.8 Å². The van der Waals surface area contributed by atoms with E-state index in [9.17, 15) is 9.59 Å². The minimum Gasteiger partial charge on any atom is -0.316 e. The van der Waals surface area contributed by atoms with E-state index in [2.05, 4.69) is 31.3 Å². The molecule has 1 aromatic rings. The number of nitrogens with two attached hydrogens (primary N) is 1. The van der Waals surface area contributed by atoms with Crippen molar-refractivity contribution in [3.05, 3.63) is 48.0 Å². The van der Waals surface area contributed by atoms with Gasteiger partial charge in [-0.25, -0.2) is 0 Å². The van der Waals surface area contributed by atoms with E-state index in [4.69, 9.17) is 5.73 Å². The van der Waals surface area contributed by atoms with Gasteiger partial charge in [0.1, 0.15) is 6.04 Å². The highest BCUT2D eigenvalue weighted by molar-refractivity contribution is 5.87. The fourth-order valence-corrected chi connectivity index (χ4v) is 3.00. The molecule has 0 bridgehead atoms. The van der Waals surface area contributed by atoms with E-state index in [1.54, 1.807) is 12.1 Å². The van der Waals surface area contributed by atoms with Crippen LogP contribution in [0.15, 0.2) is 42.5 Å². The Bertz CT molecular complexity index is 586. The molecule has 0 aliphatic carbocycles. The summed E-state index contributed by atoms with van der Waals surface area (Å²) in [5, 5.41) is 0. The van der Waals surface area contributed by atoms with Crippen LogP contribution in [-0.4, -0.2) is 11.8 Å². The van der Waals surface area contributed by atoms with Crippen LogP contribution in [0, 0.1) is 5.92 Å². The average Bonchev–Trinajstić information content (AvgIpc) is 2.69. The van der Waals surface area contributed by atoms with Crippen LogP contribution in [-0.2, 0) is 9.59 Å². The summed E-state index contributed by atoms with van der Waals surface area (Å²) in [5.74, 6) is -0.915. The maximum Gasteiger partial charge on any atom is 0.259 e. The first-order valence-electron chi connectivity index (χ1n) is 10.1. The Kier molecular flexibility index (Phi) is 11.1. The number of hydrogen-bond donors (Lipinski definition) is 3. The van der Waals surface area contributed by atoms with Gasteiger partial charge in [0.05, 0.1) is 5.92 Å². The second-order valence-corrected chi connectivity index (χ2v) is 7.03. The van der Waals surface area contributed by atoms with Crippen molar-refractivity contribution in [2.75, 3.05) is 0 Å². The highest BCUT2D eigenvalue weighted by atomic mass is 16.2. The molecule has 0 radical (unpaired) electrons. The van der Waals surface area contributed by atoms with Crippen molar-refractivity contribution in [3.63, 3.8) is 0 Å². The van der Waals surface area contributed by atoms with Gasteiger partial charge < -0.3 is 5.73 Å². The summed E-state index contributed by atoms with van der Waals surface area (Å²) in [6.45, 7) is 8.43. The number of unbranched alkanes of at least 4 members (excludes halogenated alkanes) is 4. The second-order valence-electron chi connectivity index (χ2n) is 7.03. The number of hydrazine groups is 1. The number of rotatable bonds is 12. The molecule has 0 heterocycles. The number of benzene rings is 1. The fourth-order valence-electron chi connectivity index (χ4n) is 3.00. The zero-order valence-corrected chi connectivity index (χ0v) is 16.8. The van der Waals surface area contributed by atoms with Crippen molar-refractivity contribution in [1.82, 2.24) is 10.9 Å². The lowest BCUT2D eigenvalue weighted by Crippen LogP contribution is -2.48. The molecule has 5 nitrogen and oxygen atoms in total. The molecule has 0 aliphatic rings. The predicted octanol–water partition coefficient (Wildman–Crippen LogP) is 4.17. The number of carbonyl (C=O) groups is 2. The monoisotopic (exact) mass is 373 g/mol. The van der Waals surface area contributed by atoms with E-state index in [-0.39, 0.29) is 11.8 Å². The van der Waals surface area contributed by atoms with E-state index in [0.29, 0.717) is 5.56 Å². The molecule has 0 spiro atoms. The molecule has 5 heteroatoms.